The molecular weight excluding hydrogens is 322 g/mol. The third-order valence-corrected chi connectivity index (χ3v) is 5.49. The second kappa shape index (κ2) is 9.04. The van der Waals surface area contributed by atoms with Crippen LogP contribution in [0.5, 0.6) is 0 Å². The van der Waals surface area contributed by atoms with Gasteiger partial charge in [0.15, 0.2) is 0 Å². The monoisotopic (exact) mass is 353 g/mol. The fraction of sp³-hybridized carbons (Fsp3) is 0.500. The van der Waals surface area contributed by atoms with Crippen molar-refractivity contribution in [3.8, 4) is 0 Å². The molecule has 4 heteroatoms. The maximum atomic E-state index is 12.6. The Morgan fingerprint density at radius 1 is 1.08 bits per heavy atom. The molecule has 2 heterocycles. The molecule has 140 valence electrons. The zero-order chi connectivity index (χ0) is 18.4. The molecule has 26 heavy (non-hydrogen) atoms. The number of carbonyl (C=O) groups is 1. The Morgan fingerprint density at radius 2 is 1.77 bits per heavy atom. The fourth-order valence-electron chi connectivity index (χ4n) is 3.83. The maximum Gasteiger partial charge on any atom is 0.251 e. The summed E-state index contributed by atoms with van der Waals surface area (Å²) in [6.07, 6.45) is 8.19. The molecule has 0 aliphatic carbocycles. The smallest absolute Gasteiger partial charge is 0.251 e. The van der Waals surface area contributed by atoms with E-state index >= 15 is 0 Å². The summed E-state index contributed by atoms with van der Waals surface area (Å²) >= 11 is 0. The molecule has 4 nitrogen and oxygen atoms in total. The second-order valence-corrected chi connectivity index (χ2v) is 7.27. The lowest BCUT2D eigenvalue weighted by molar-refractivity contribution is 0.0931. The third kappa shape index (κ3) is 4.55. The number of aryl methyl sites for hydroxylation is 2. The minimum absolute atomic E-state index is 0.0154. The number of likely N-dealkylation sites (tertiary alicyclic amines) is 1. The van der Waals surface area contributed by atoms with Crippen molar-refractivity contribution < 1.29 is 4.79 Å². The van der Waals surface area contributed by atoms with Crippen LogP contribution < -0.4 is 5.32 Å². The molecule has 1 aliphatic heterocycles. The molecule has 1 amide bonds. The van der Waals surface area contributed by atoms with Crippen LogP contribution in [0.2, 0.25) is 0 Å². The number of carbonyl (C=O) groups excluding carboxylic acids is 1. The van der Waals surface area contributed by atoms with Crippen LogP contribution in [0.15, 0.2) is 42.6 Å². The van der Waals surface area contributed by atoms with E-state index in [-0.39, 0.29) is 11.9 Å². The summed E-state index contributed by atoms with van der Waals surface area (Å²) < 4.78 is 2.18. The Labute approximate surface area is 157 Å². The van der Waals surface area contributed by atoms with E-state index < -0.39 is 0 Å². The van der Waals surface area contributed by atoms with Gasteiger partial charge in [-0.15, -0.1) is 0 Å². The minimum atomic E-state index is 0.0154. The summed E-state index contributed by atoms with van der Waals surface area (Å²) in [7, 11) is 2.09. The van der Waals surface area contributed by atoms with Gasteiger partial charge in [0.1, 0.15) is 0 Å². The van der Waals surface area contributed by atoms with Gasteiger partial charge in [0.05, 0.1) is 6.04 Å². The summed E-state index contributed by atoms with van der Waals surface area (Å²) in [5.74, 6) is 0.0154. The summed E-state index contributed by atoms with van der Waals surface area (Å²) in [5.41, 5.74) is 3.27. The van der Waals surface area contributed by atoms with Gasteiger partial charge in [-0.05, 0) is 62.2 Å². The first kappa shape index (κ1) is 18.7. The van der Waals surface area contributed by atoms with Crippen LogP contribution in [0.4, 0.5) is 0 Å². The highest BCUT2D eigenvalue weighted by atomic mass is 16.1. The number of hydrogen-bond acceptors (Lipinski definition) is 2. The second-order valence-electron chi connectivity index (χ2n) is 7.27. The molecular formula is C22H31N3O. The van der Waals surface area contributed by atoms with E-state index in [4.69, 9.17) is 0 Å². The molecule has 1 aliphatic rings. The van der Waals surface area contributed by atoms with Crippen LogP contribution in [-0.2, 0) is 13.5 Å². The van der Waals surface area contributed by atoms with E-state index in [1.807, 2.05) is 24.3 Å². The van der Waals surface area contributed by atoms with Crippen molar-refractivity contribution in [2.24, 2.45) is 7.05 Å². The fourth-order valence-corrected chi connectivity index (χ4v) is 3.83. The molecule has 0 radical (unpaired) electrons. The van der Waals surface area contributed by atoms with Gasteiger partial charge in [0.25, 0.3) is 5.91 Å². The molecule has 1 saturated heterocycles. The van der Waals surface area contributed by atoms with Crippen LogP contribution in [0.3, 0.4) is 0 Å². The predicted octanol–water partition coefficient (Wildman–Crippen LogP) is 3.93. The van der Waals surface area contributed by atoms with Gasteiger partial charge in [-0.2, -0.15) is 0 Å². The topological polar surface area (TPSA) is 37.3 Å². The molecule has 1 N–H and O–H groups in total. The highest BCUT2D eigenvalue weighted by Crippen LogP contribution is 2.24. The highest BCUT2D eigenvalue weighted by Gasteiger charge is 2.24. The molecule has 0 spiro atoms. The number of amides is 1. The van der Waals surface area contributed by atoms with Gasteiger partial charge in [-0.25, -0.2) is 0 Å². The minimum Gasteiger partial charge on any atom is -0.353 e. The standard InChI is InChI=1S/C22H31N3O/c1-3-18-10-12-19(13-11-18)22(26)23-17-21(20-9-8-14-24(20)2)25-15-6-4-5-7-16-25/h8-14,21H,3-7,15-17H2,1-2H3,(H,23,26)/t21-/m1/s1. The molecule has 0 saturated carbocycles. The summed E-state index contributed by atoms with van der Waals surface area (Å²) in [6.45, 7) is 4.99. The van der Waals surface area contributed by atoms with Crippen molar-refractivity contribution in [3.63, 3.8) is 0 Å². The van der Waals surface area contributed by atoms with E-state index in [2.05, 4.69) is 47.1 Å². The zero-order valence-electron chi connectivity index (χ0n) is 16.1. The SMILES string of the molecule is CCc1ccc(C(=O)NC[C@H](c2cccn2C)N2CCCCCC2)cc1. The van der Waals surface area contributed by atoms with Crippen molar-refractivity contribution in [2.75, 3.05) is 19.6 Å². The lowest BCUT2D eigenvalue weighted by Gasteiger charge is -2.31. The van der Waals surface area contributed by atoms with Crippen LogP contribution in [-0.4, -0.2) is 35.0 Å². The average Bonchev–Trinajstić information content (AvgIpc) is 2.92. The number of nitrogens with one attached hydrogen (secondary N) is 1. The molecule has 3 rings (SSSR count). The lowest BCUT2D eigenvalue weighted by atomic mass is 10.1. The van der Waals surface area contributed by atoms with E-state index in [0.717, 1.165) is 25.1 Å². The number of rotatable bonds is 6. The first-order valence-corrected chi connectivity index (χ1v) is 9.91. The van der Waals surface area contributed by atoms with E-state index in [0.29, 0.717) is 6.54 Å². The molecule has 1 fully saturated rings. The Bertz CT molecular complexity index is 696. The number of hydrogen-bond donors (Lipinski definition) is 1. The largest absolute Gasteiger partial charge is 0.353 e. The van der Waals surface area contributed by atoms with Crippen LogP contribution in [0.1, 0.15) is 60.3 Å². The van der Waals surface area contributed by atoms with Crippen molar-refractivity contribution in [1.82, 2.24) is 14.8 Å². The molecule has 1 aromatic heterocycles. The quantitative estimate of drug-likeness (QED) is 0.854. The van der Waals surface area contributed by atoms with Crippen molar-refractivity contribution >= 4 is 5.91 Å². The number of benzene rings is 1. The zero-order valence-corrected chi connectivity index (χ0v) is 16.1. The molecule has 0 bridgehead atoms. The van der Waals surface area contributed by atoms with Gasteiger partial charge in [-0.3, -0.25) is 9.69 Å². The molecule has 0 unspecified atom stereocenters. The molecule has 2 aromatic rings. The average molecular weight is 354 g/mol. The van der Waals surface area contributed by atoms with Gasteiger partial charge < -0.3 is 9.88 Å². The summed E-state index contributed by atoms with van der Waals surface area (Å²) in [4.78, 5) is 15.2. The number of nitrogens with zero attached hydrogens (tertiary/aromatic N) is 2. The summed E-state index contributed by atoms with van der Waals surface area (Å²) in [5, 5.41) is 3.18. The highest BCUT2D eigenvalue weighted by molar-refractivity contribution is 5.94. The van der Waals surface area contributed by atoms with Crippen LogP contribution in [0.25, 0.3) is 0 Å². The van der Waals surface area contributed by atoms with Crippen molar-refractivity contribution in [3.05, 3.63) is 59.4 Å². The van der Waals surface area contributed by atoms with Crippen molar-refractivity contribution in [2.45, 2.75) is 45.1 Å². The molecule has 1 atom stereocenters. The van der Waals surface area contributed by atoms with Gasteiger partial charge >= 0.3 is 0 Å². The first-order chi connectivity index (χ1) is 12.7. The van der Waals surface area contributed by atoms with E-state index in [9.17, 15) is 4.79 Å². The Hall–Kier alpha value is -2.07. The predicted molar refractivity (Wildman–Crippen MR) is 106 cm³/mol. The Kier molecular flexibility index (Phi) is 6.51. The lowest BCUT2D eigenvalue weighted by Crippen LogP contribution is -2.39. The van der Waals surface area contributed by atoms with Gasteiger partial charge in [0, 0.05) is 31.0 Å². The van der Waals surface area contributed by atoms with E-state index in [1.54, 1.807) is 0 Å². The van der Waals surface area contributed by atoms with Gasteiger partial charge in [-0.1, -0.05) is 31.9 Å². The Morgan fingerprint density at radius 3 is 2.35 bits per heavy atom. The van der Waals surface area contributed by atoms with Gasteiger partial charge in [0.2, 0.25) is 0 Å². The summed E-state index contributed by atoms with van der Waals surface area (Å²) in [6, 6.07) is 12.4. The first-order valence-electron chi connectivity index (χ1n) is 9.91. The third-order valence-electron chi connectivity index (χ3n) is 5.49. The maximum absolute atomic E-state index is 12.6. The van der Waals surface area contributed by atoms with Crippen LogP contribution in [0, 0.1) is 0 Å². The molecule has 1 aromatic carbocycles. The Balaban J connectivity index is 1.70. The van der Waals surface area contributed by atoms with Crippen LogP contribution >= 0.6 is 0 Å². The normalized spacial score (nSPS) is 16.8. The number of aromatic nitrogens is 1. The van der Waals surface area contributed by atoms with Crippen molar-refractivity contribution in [1.29, 1.82) is 0 Å². The van der Waals surface area contributed by atoms with E-state index in [1.165, 1.54) is 36.9 Å².